The minimum atomic E-state index is -0.713. The summed E-state index contributed by atoms with van der Waals surface area (Å²) in [5, 5.41) is 9.95. The standard InChI is InChI=1S/C27H52O4/c1-7-8-9-16-19-24(28)20-17-14-12-10-11-13-15-18-21-25(29)27(4,5)31-23-22-26(2,3)30-6/h14,17,24,28H,7-13,15-16,18-23H2,1-6H3/b17-14-/t24-/m1/s1. The van der Waals surface area contributed by atoms with Crippen LogP contribution in [-0.2, 0) is 14.3 Å². The average molecular weight is 441 g/mol. The zero-order chi connectivity index (χ0) is 23.6. The fourth-order valence-corrected chi connectivity index (χ4v) is 3.41. The number of unbranched alkanes of at least 4 members (excludes halogenated alkanes) is 8. The molecule has 0 spiro atoms. The van der Waals surface area contributed by atoms with Gasteiger partial charge in [0, 0.05) is 13.5 Å². The minimum Gasteiger partial charge on any atom is -0.393 e. The van der Waals surface area contributed by atoms with Crippen LogP contribution >= 0.6 is 0 Å². The number of aliphatic hydroxyl groups is 1. The molecule has 184 valence electrons. The van der Waals surface area contributed by atoms with Crippen LogP contribution in [0.4, 0.5) is 0 Å². The lowest BCUT2D eigenvalue weighted by Crippen LogP contribution is -2.37. The first-order valence-electron chi connectivity index (χ1n) is 12.7. The fraction of sp³-hybridized carbons (Fsp3) is 0.889. The number of ether oxygens (including phenoxy) is 2. The van der Waals surface area contributed by atoms with Crippen LogP contribution in [0.15, 0.2) is 12.2 Å². The number of rotatable bonds is 21. The van der Waals surface area contributed by atoms with Crippen molar-refractivity contribution in [1.29, 1.82) is 0 Å². The van der Waals surface area contributed by atoms with Gasteiger partial charge >= 0.3 is 0 Å². The molecule has 0 aliphatic carbocycles. The third kappa shape index (κ3) is 17.5. The molecule has 0 rings (SSSR count). The molecule has 1 atom stereocenters. The zero-order valence-electron chi connectivity index (χ0n) is 21.5. The Hall–Kier alpha value is -0.710. The maximum absolute atomic E-state index is 12.5. The van der Waals surface area contributed by atoms with Crippen molar-refractivity contribution in [2.45, 2.75) is 142 Å². The average Bonchev–Trinajstić information content (AvgIpc) is 2.72. The van der Waals surface area contributed by atoms with Crippen LogP contribution in [-0.4, -0.2) is 41.9 Å². The quantitative estimate of drug-likeness (QED) is 0.152. The summed E-state index contributed by atoms with van der Waals surface area (Å²) >= 11 is 0. The molecule has 1 N–H and O–H groups in total. The molecule has 0 saturated heterocycles. The predicted octanol–water partition coefficient (Wildman–Crippen LogP) is 7.17. The lowest BCUT2D eigenvalue weighted by Gasteiger charge is -2.28. The monoisotopic (exact) mass is 440 g/mol. The highest BCUT2D eigenvalue weighted by Gasteiger charge is 2.28. The molecular weight excluding hydrogens is 388 g/mol. The predicted molar refractivity (Wildman–Crippen MR) is 132 cm³/mol. The van der Waals surface area contributed by atoms with Gasteiger partial charge in [0.05, 0.1) is 18.3 Å². The van der Waals surface area contributed by atoms with E-state index in [-0.39, 0.29) is 17.5 Å². The molecule has 0 heterocycles. The smallest absolute Gasteiger partial charge is 0.164 e. The van der Waals surface area contributed by atoms with Crippen LogP contribution in [0.1, 0.15) is 125 Å². The first-order valence-corrected chi connectivity index (χ1v) is 12.7. The van der Waals surface area contributed by atoms with E-state index in [1.807, 2.05) is 27.7 Å². The van der Waals surface area contributed by atoms with E-state index in [1.165, 1.54) is 38.5 Å². The van der Waals surface area contributed by atoms with E-state index in [1.54, 1.807) is 7.11 Å². The summed E-state index contributed by atoms with van der Waals surface area (Å²) in [4.78, 5) is 12.5. The van der Waals surface area contributed by atoms with Gasteiger partial charge in [-0.25, -0.2) is 0 Å². The maximum Gasteiger partial charge on any atom is 0.164 e. The van der Waals surface area contributed by atoms with E-state index in [4.69, 9.17) is 9.47 Å². The molecule has 31 heavy (non-hydrogen) atoms. The van der Waals surface area contributed by atoms with Crippen molar-refractivity contribution in [3.8, 4) is 0 Å². The number of ketones is 1. The molecule has 0 radical (unpaired) electrons. The molecule has 0 bridgehead atoms. The molecule has 4 nitrogen and oxygen atoms in total. The van der Waals surface area contributed by atoms with Crippen LogP contribution in [0, 0.1) is 0 Å². The van der Waals surface area contributed by atoms with E-state index in [0.29, 0.717) is 13.0 Å². The van der Waals surface area contributed by atoms with Crippen molar-refractivity contribution in [2.75, 3.05) is 13.7 Å². The second kappa shape index (κ2) is 17.8. The van der Waals surface area contributed by atoms with E-state index in [2.05, 4.69) is 19.1 Å². The Balaban J connectivity index is 3.69. The number of hydrogen-bond donors (Lipinski definition) is 1. The lowest BCUT2D eigenvalue weighted by atomic mass is 9.97. The summed E-state index contributed by atoms with van der Waals surface area (Å²) in [5.41, 5.74) is -0.933. The van der Waals surface area contributed by atoms with Gasteiger partial charge in [-0.15, -0.1) is 0 Å². The molecule has 0 aromatic carbocycles. The Morgan fingerprint density at radius 3 is 2.26 bits per heavy atom. The third-order valence-corrected chi connectivity index (χ3v) is 6.13. The van der Waals surface area contributed by atoms with Gasteiger partial charge in [-0.05, 0) is 66.2 Å². The highest BCUT2D eigenvalue weighted by Crippen LogP contribution is 2.19. The molecule has 0 fully saturated rings. The second-order valence-corrected chi connectivity index (χ2v) is 10.0. The van der Waals surface area contributed by atoms with Crippen molar-refractivity contribution in [3.05, 3.63) is 12.2 Å². The van der Waals surface area contributed by atoms with Crippen LogP contribution in [0.25, 0.3) is 0 Å². The molecule has 0 aromatic rings. The molecule has 0 aliphatic heterocycles. The molecule has 0 aromatic heterocycles. The van der Waals surface area contributed by atoms with Crippen LogP contribution < -0.4 is 0 Å². The van der Waals surface area contributed by atoms with Gasteiger partial charge in [-0.3, -0.25) is 4.79 Å². The lowest BCUT2D eigenvalue weighted by molar-refractivity contribution is -0.142. The van der Waals surface area contributed by atoms with Gasteiger partial charge in [0.1, 0.15) is 5.60 Å². The zero-order valence-corrected chi connectivity index (χ0v) is 21.5. The van der Waals surface area contributed by atoms with Crippen LogP contribution in [0.2, 0.25) is 0 Å². The largest absolute Gasteiger partial charge is 0.393 e. The first-order chi connectivity index (χ1) is 14.6. The van der Waals surface area contributed by atoms with Crippen molar-refractivity contribution in [3.63, 3.8) is 0 Å². The summed E-state index contributed by atoms with van der Waals surface area (Å²) in [6, 6.07) is 0. The van der Waals surface area contributed by atoms with E-state index < -0.39 is 5.60 Å². The van der Waals surface area contributed by atoms with E-state index >= 15 is 0 Å². The number of aliphatic hydroxyl groups excluding tert-OH is 1. The normalized spacial score (nSPS) is 13.8. The summed E-state index contributed by atoms with van der Waals surface area (Å²) < 4.78 is 11.3. The van der Waals surface area contributed by atoms with Crippen LogP contribution in [0.3, 0.4) is 0 Å². The van der Waals surface area contributed by atoms with Crippen molar-refractivity contribution < 1.29 is 19.4 Å². The summed E-state index contributed by atoms with van der Waals surface area (Å²) in [5.74, 6) is 0.193. The Kier molecular flexibility index (Phi) is 17.4. The first kappa shape index (κ1) is 30.3. The number of allylic oxidation sites excluding steroid dienone is 1. The number of hydrogen-bond acceptors (Lipinski definition) is 4. The fourth-order valence-electron chi connectivity index (χ4n) is 3.41. The SMILES string of the molecule is CCCCCC[C@@H](O)C/C=C\CCCCCCCC(=O)C(C)(C)OCCC(C)(C)OC. The van der Waals surface area contributed by atoms with Crippen molar-refractivity contribution in [2.24, 2.45) is 0 Å². The molecule has 0 amide bonds. The van der Waals surface area contributed by atoms with Gasteiger partial charge in [0.2, 0.25) is 0 Å². The molecule has 4 heteroatoms. The van der Waals surface area contributed by atoms with Gasteiger partial charge in [0.15, 0.2) is 5.78 Å². The Morgan fingerprint density at radius 1 is 0.935 bits per heavy atom. The Bertz CT molecular complexity index is 468. The molecule has 0 aliphatic rings. The summed E-state index contributed by atoms with van der Waals surface area (Å²) in [6.45, 7) is 10.6. The van der Waals surface area contributed by atoms with E-state index in [9.17, 15) is 9.90 Å². The molecule has 0 saturated carbocycles. The third-order valence-electron chi connectivity index (χ3n) is 6.13. The van der Waals surface area contributed by atoms with Gasteiger partial charge < -0.3 is 14.6 Å². The molecule has 0 unspecified atom stereocenters. The number of Topliss-reactive ketones (excluding diaryl/α,β-unsaturated/α-hetero) is 1. The summed E-state index contributed by atoms with van der Waals surface area (Å²) in [6.07, 6.45) is 18.8. The Labute approximate surface area is 193 Å². The topological polar surface area (TPSA) is 55.8 Å². The minimum absolute atomic E-state index is 0.176. The van der Waals surface area contributed by atoms with Crippen LogP contribution in [0.5, 0.6) is 0 Å². The van der Waals surface area contributed by atoms with Gasteiger partial charge in [-0.2, -0.15) is 0 Å². The maximum atomic E-state index is 12.5. The molecular formula is C27H52O4. The Morgan fingerprint density at radius 2 is 1.58 bits per heavy atom. The summed E-state index contributed by atoms with van der Waals surface area (Å²) in [7, 11) is 1.70. The number of carbonyl (C=O) groups excluding carboxylic acids is 1. The highest BCUT2D eigenvalue weighted by molar-refractivity contribution is 5.86. The van der Waals surface area contributed by atoms with Crippen molar-refractivity contribution >= 4 is 5.78 Å². The number of carbonyl (C=O) groups is 1. The van der Waals surface area contributed by atoms with Gasteiger partial charge in [-0.1, -0.05) is 64.0 Å². The van der Waals surface area contributed by atoms with E-state index in [0.717, 1.165) is 44.9 Å². The van der Waals surface area contributed by atoms with Crippen molar-refractivity contribution in [1.82, 2.24) is 0 Å². The highest BCUT2D eigenvalue weighted by atomic mass is 16.5. The second-order valence-electron chi connectivity index (χ2n) is 10.0. The van der Waals surface area contributed by atoms with Gasteiger partial charge in [0.25, 0.3) is 0 Å². The number of methoxy groups -OCH3 is 1.